The lowest BCUT2D eigenvalue weighted by atomic mass is 10.1. The number of aliphatic hydroxyl groups excluding tert-OH is 1. The number of benzene rings is 1. The molecule has 0 spiro atoms. The van der Waals surface area contributed by atoms with E-state index in [1.807, 2.05) is 0 Å². The molecule has 0 aliphatic carbocycles. The Morgan fingerprint density at radius 1 is 1.41 bits per heavy atom. The highest BCUT2D eigenvalue weighted by molar-refractivity contribution is 5.72. The summed E-state index contributed by atoms with van der Waals surface area (Å²) in [6.07, 6.45) is 2.91. The van der Waals surface area contributed by atoms with Crippen LogP contribution in [0.15, 0.2) is 12.1 Å². The molecule has 0 aromatic heterocycles. The molecular weight excluding hydrogens is 284 g/mol. The maximum Gasteiger partial charge on any atom is 0.216 e. The van der Waals surface area contributed by atoms with Crippen LogP contribution in [0.2, 0.25) is 0 Å². The van der Waals surface area contributed by atoms with Crippen LogP contribution in [0, 0.1) is 0 Å². The van der Waals surface area contributed by atoms with Crippen LogP contribution < -0.4 is 5.32 Å². The Hall–Kier alpha value is -1.79. The number of nitrogens with one attached hydrogen (secondary N) is 1. The smallest absolute Gasteiger partial charge is 0.216 e. The van der Waals surface area contributed by atoms with E-state index in [1.165, 1.54) is 13.0 Å². The first-order valence-corrected chi connectivity index (χ1v) is 7.64. The van der Waals surface area contributed by atoms with Crippen LogP contribution in [0.1, 0.15) is 30.9 Å². The Kier molecular flexibility index (Phi) is 5.63. The monoisotopic (exact) mass is 308 g/mol. The average Bonchev–Trinajstić information content (AvgIpc) is 2.93. The number of phenols is 2. The van der Waals surface area contributed by atoms with E-state index in [4.69, 9.17) is 0 Å². The first-order chi connectivity index (χ1) is 10.5. The van der Waals surface area contributed by atoms with Crippen LogP contribution in [0.4, 0.5) is 0 Å². The molecule has 6 nitrogen and oxygen atoms in total. The summed E-state index contributed by atoms with van der Waals surface area (Å²) in [6, 6.07) is 3.60. The Balaban J connectivity index is 1.94. The molecule has 1 atom stereocenters. The van der Waals surface area contributed by atoms with Crippen molar-refractivity contribution in [3.05, 3.63) is 23.3 Å². The van der Waals surface area contributed by atoms with Crippen LogP contribution in [-0.2, 0) is 17.8 Å². The van der Waals surface area contributed by atoms with Crippen LogP contribution in [0.25, 0.3) is 0 Å². The molecule has 2 rings (SSSR count). The van der Waals surface area contributed by atoms with Gasteiger partial charge in [0.1, 0.15) is 0 Å². The largest absolute Gasteiger partial charge is 0.504 e. The zero-order chi connectivity index (χ0) is 16.1. The summed E-state index contributed by atoms with van der Waals surface area (Å²) in [7, 11) is 0. The van der Waals surface area contributed by atoms with Gasteiger partial charge in [0.05, 0.1) is 6.61 Å². The number of nitrogens with zero attached hydrogens (tertiary/aromatic N) is 1. The molecule has 1 unspecified atom stereocenters. The second-order valence-corrected chi connectivity index (χ2v) is 5.80. The van der Waals surface area contributed by atoms with E-state index in [2.05, 4.69) is 10.2 Å². The van der Waals surface area contributed by atoms with Gasteiger partial charge in [0.2, 0.25) is 5.91 Å². The van der Waals surface area contributed by atoms with Crippen molar-refractivity contribution in [3.63, 3.8) is 0 Å². The molecule has 1 heterocycles. The molecule has 1 aromatic rings. The SMILES string of the molecule is CC(=O)NCC1CCCN1CCc1cc(O)c(O)c(CO)c1. The number of carbonyl (C=O) groups is 1. The average molecular weight is 308 g/mol. The lowest BCUT2D eigenvalue weighted by molar-refractivity contribution is -0.119. The number of hydrogen-bond acceptors (Lipinski definition) is 5. The van der Waals surface area contributed by atoms with Gasteiger partial charge < -0.3 is 20.6 Å². The highest BCUT2D eigenvalue weighted by Gasteiger charge is 2.24. The zero-order valence-corrected chi connectivity index (χ0v) is 12.9. The molecule has 1 amide bonds. The third-order valence-corrected chi connectivity index (χ3v) is 4.17. The van der Waals surface area contributed by atoms with Gasteiger partial charge >= 0.3 is 0 Å². The van der Waals surface area contributed by atoms with E-state index in [0.717, 1.165) is 37.9 Å². The molecular formula is C16H24N2O4. The quantitative estimate of drug-likeness (QED) is 0.582. The topological polar surface area (TPSA) is 93.0 Å². The van der Waals surface area contributed by atoms with Gasteiger partial charge in [-0.25, -0.2) is 0 Å². The molecule has 0 bridgehead atoms. The van der Waals surface area contributed by atoms with Gasteiger partial charge in [-0.15, -0.1) is 0 Å². The predicted octanol–water partition coefficient (Wildman–Crippen LogP) is 0.733. The van der Waals surface area contributed by atoms with Gasteiger partial charge in [-0.3, -0.25) is 9.69 Å². The van der Waals surface area contributed by atoms with Crippen molar-refractivity contribution in [1.29, 1.82) is 0 Å². The van der Waals surface area contributed by atoms with Gasteiger partial charge in [0.15, 0.2) is 11.5 Å². The number of hydrogen-bond donors (Lipinski definition) is 4. The van der Waals surface area contributed by atoms with Crippen molar-refractivity contribution in [2.24, 2.45) is 0 Å². The van der Waals surface area contributed by atoms with Crippen LogP contribution in [0.3, 0.4) is 0 Å². The molecule has 1 saturated heterocycles. The highest BCUT2D eigenvalue weighted by Crippen LogP contribution is 2.30. The molecule has 1 aliphatic rings. The van der Waals surface area contributed by atoms with E-state index in [0.29, 0.717) is 18.2 Å². The third kappa shape index (κ3) is 4.11. The summed E-state index contributed by atoms with van der Waals surface area (Å²) < 4.78 is 0. The highest BCUT2D eigenvalue weighted by atomic mass is 16.3. The molecule has 1 aromatic carbocycles. The normalized spacial score (nSPS) is 18.5. The van der Waals surface area contributed by atoms with Crippen molar-refractivity contribution in [3.8, 4) is 11.5 Å². The maximum atomic E-state index is 11.0. The summed E-state index contributed by atoms with van der Waals surface area (Å²) in [5.74, 6) is -0.461. The molecule has 1 aliphatic heterocycles. The minimum Gasteiger partial charge on any atom is -0.504 e. The number of likely N-dealkylation sites (tertiary alicyclic amines) is 1. The third-order valence-electron chi connectivity index (χ3n) is 4.17. The van der Waals surface area contributed by atoms with E-state index in [9.17, 15) is 20.1 Å². The summed E-state index contributed by atoms with van der Waals surface area (Å²) in [6.45, 7) is 3.70. The molecule has 4 N–H and O–H groups in total. The Morgan fingerprint density at radius 2 is 2.18 bits per heavy atom. The van der Waals surface area contributed by atoms with Crippen molar-refractivity contribution in [1.82, 2.24) is 10.2 Å². The Labute approximate surface area is 130 Å². The van der Waals surface area contributed by atoms with Crippen LogP contribution in [0.5, 0.6) is 11.5 Å². The summed E-state index contributed by atoms with van der Waals surface area (Å²) in [5, 5.41) is 31.3. The van der Waals surface area contributed by atoms with E-state index >= 15 is 0 Å². The van der Waals surface area contributed by atoms with E-state index < -0.39 is 0 Å². The molecule has 22 heavy (non-hydrogen) atoms. The minimum absolute atomic E-state index is 0.0112. The van der Waals surface area contributed by atoms with Crippen LogP contribution in [-0.4, -0.2) is 51.8 Å². The number of aliphatic hydroxyl groups is 1. The van der Waals surface area contributed by atoms with Crippen LogP contribution >= 0.6 is 0 Å². The Bertz CT molecular complexity index is 533. The standard InChI is InChI=1S/C16H24N2O4/c1-11(20)17-9-14-3-2-5-18(14)6-4-12-7-13(10-19)16(22)15(21)8-12/h7-8,14,19,21-22H,2-6,9-10H2,1H3,(H,17,20). The van der Waals surface area contributed by atoms with E-state index in [-0.39, 0.29) is 24.0 Å². The van der Waals surface area contributed by atoms with Crippen molar-refractivity contribution in [2.75, 3.05) is 19.6 Å². The molecule has 6 heteroatoms. The number of rotatable bonds is 6. The first kappa shape index (κ1) is 16.6. The van der Waals surface area contributed by atoms with Crippen molar-refractivity contribution < 1.29 is 20.1 Å². The van der Waals surface area contributed by atoms with E-state index in [1.54, 1.807) is 6.07 Å². The zero-order valence-electron chi connectivity index (χ0n) is 12.9. The molecule has 0 radical (unpaired) electrons. The molecule has 122 valence electrons. The lowest BCUT2D eigenvalue weighted by Gasteiger charge is -2.24. The maximum absolute atomic E-state index is 11.0. The fourth-order valence-corrected chi connectivity index (χ4v) is 2.96. The number of phenolic OH excluding ortho intramolecular Hbond substituents is 1. The molecule has 1 fully saturated rings. The number of aromatic hydroxyl groups is 2. The summed E-state index contributed by atoms with van der Waals surface area (Å²) in [4.78, 5) is 13.4. The lowest BCUT2D eigenvalue weighted by Crippen LogP contribution is -2.40. The minimum atomic E-state index is -0.303. The second kappa shape index (κ2) is 7.47. The van der Waals surface area contributed by atoms with Gasteiger partial charge in [0, 0.05) is 31.6 Å². The number of amides is 1. The first-order valence-electron chi connectivity index (χ1n) is 7.64. The molecule has 0 saturated carbocycles. The summed E-state index contributed by atoms with van der Waals surface area (Å²) in [5.41, 5.74) is 1.22. The fourth-order valence-electron chi connectivity index (χ4n) is 2.96. The number of carbonyl (C=O) groups excluding carboxylic acids is 1. The van der Waals surface area contributed by atoms with Gasteiger partial charge in [-0.1, -0.05) is 0 Å². The van der Waals surface area contributed by atoms with Gasteiger partial charge in [-0.2, -0.15) is 0 Å². The van der Waals surface area contributed by atoms with Gasteiger partial charge in [0.25, 0.3) is 0 Å². The predicted molar refractivity (Wildman–Crippen MR) is 82.7 cm³/mol. The van der Waals surface area contributed by atoms with Crippen molar-refractivity contribution >= 4 is 5.91 Å². The fraction of sp³-hybridized carbons (Fsp3) is 0.562. The summed E-state index contributed by atoms with van der Waals surface area (Å²) >= 11 is 0. The van der Waals surface area contributed by atoms with Crippen molar-refractivity contribution in [2.45, 2.75) is 38.8 Å². The second-order valence-electron chi connectivity index (χ2n) is 5.80. The van der Waals surface area contributed by atoms with Gasteiger partial charge in [-0.05, 0) is 43.5 Å². The Morgan fingerprint density at radius 3 is 2.86 bits per heavy atom.